The number of halogens is 1. The fourth-order valence-corrected chi connectivity index (χ4v) is 0.640. The van der Waals surface area contributed by atoms with Crippen molar-refractivity contribution in [2.24, 2.45) is 17.3 Å². The molecule has 0 aromatic carbocycles. The van der Waals surface area contributed by atoms with Gasteiger partial charge in [0.1, 0.15) is 10.9 Å². The molecule has 0 aliphatic rings. The Morgan fingerprint density at radius 3 is 2.33 bits per heavy atom. The number of hydrogen-bond donors (Lipinski definition) is 4. The predicted molar refractivity (Wildman–Crippen MR) is 44.2 cm³/mol. The minimum atomic E-state index is -0.853. The van der Waals surface area contributed by atoms with Crippen molar-refractivity contribution >= 4 is 17.5 Å². The zero-order valence-electron chi connectivity index (χ0n) is 6.33. The number of carbonyl (C=O) groups excluding carboxylic acids is 1. The SMILES string of the molecule is NC(=O)/C(N)=C(\Cl)N(N)CCO. The van der Waals surface area contributed by atoms with Gasteiger partial charge in [-0.1, -0.05) is 11.6 Å². The molecule has 7 heteroatoms. The Labute approximate surface area is 74.5 Å². The Kier molecular flexibility index (Phi) is 4.42. The minimum absolute atomic E-state index is 0.0762. The lowest BCUT2D eigenvalue weighted by Crippen LogP contribution is -2.35. The topological polar surface area (TPSA) is 119 Å². The fraction of sp³-hybridized carbons (Fsp3) is 0.400. The fourth-order valence-electron chi connectivity index (χ4n) is 0.462. The summed E-state index contributed by atoms with van der Waals surface area (Å²) in [7, 11) is 0. The minimum Gasteiger partial charge on any atom is -0.394 e. The lowest BCUT2D eigenvalue weighted by Gasteiger charge is -2.16. The molecule has 0 bridgehead atoms. The van der Waals surface area contributed by atoms with Gasteiger partial charge in [-0.25, -0.2) is 5.84 Å². The van der Waals surface area contributed by atoms with Crippen LogP contribution < -0.4 is 17.3 Å². The van der Waals surface area contributed by atoms with Crippen LogP contribution in [0.4, 0.5) is 0 Å². The van der Waals surface area contributed by atoms with E-state index in [1.54, 1.807) is 0 Å². The molecule has 0 aliphatic carbocycles. The molecule has 0 aromatic heterocycles. The molecule has 0 rings (SSSR count). The normalized spacial score (nSPS) is 12.2. The number of carbonyl (C=O) groups is 1. The van der Waals surface area contributed by atoms with Crippen molar-refractivity contribution in [1.29, 1.82) is 0 Å². The number of primary amides is 1. The molecule has 0 atom stereocenters. The number of aliphatic hydroxyl groups excluding tert-OH is 1. The van der Waals surface area contributed by atoms with E-state index in [-0.39, 0.29) is 24.0 Å². The van der Waals surface area contributed by atoms with Gasteiger partial charge in [0.05, 0.1) is 13.2 Å². The zero-order chi connectivity index (χ0) is 9.72. The zero-order valence-corrected chi connectivity index (χ0v) is 7.08. The van der Waals surface area contributed by atoms with Crippen molar-refractivity contribution in [3.8, 4) is 0 Å². The van der Waals surface area contributed by atoms with Gasteiger partial charge in [0.2, 0.25) is 0 Å². The first-order chi connectivity index (χ1) is 5.50. The summed E-state index contributed by atoms with van der Waals surface area (Å²) in [6.45, 7) is -0.119. The van der Waals surface area contributed by atoms with Crippen LogP contribution in [-0.4, -0.2) is 29.2 Å². The summed E-state index contributed by atoms with van der Waals surface area (Å²) in [5, 5.41) is 9.21. The number of hydrogen-bond acceptors (Lipinski definition) is 5. The quantitative estimate of drug-likeness (QED) is 0.179. The molecule has 0 saturated carbocycles. The number of amides is 1. The van der Waals surface area contributed by atoms with E-state index in [1.165, 1.54) is 0 Å². The summed E-state index contributed by atoms with van der Waals surface area (Å²) in [6.07, 6.45) is 0. The van der Waals surface area contributed by atoms with Crippen molar-refractivity contribution in [2.45, 2.75) is 0 Å². The third-order valence-electron chi connectivity index (χ3n) is 1.08. The van der Waals surface area contributed by atoms with Crippen LogP contribution in [0.5, 0.6) is 0 Å². The highest BCUT2D eigenvalue weighted by Crippen LogP contribution is 2.06. The second-order valence-electron chi connectivity index (χ2n) is 1.99. The molecule has 0 heterocycles. The third-order valence-corrected chi connectivity index (χ3v) is 1.50. The van der Waals surface area contributed by atoms with Crippen molar-refractivity contribution in [2.75, 3.05) is 13.2 Å². The molecule has 12 heavy (non-hydrogen) atoms. The van der Waals surface area contributed by atoms with Crippen LogP contribution in [0.25, 0.3) is 0 Å². The number of hydrazine groups is 1. The second kappa shape index (κ2) is 4.81. The number of rotatable bonds is 4. The van der Waals surface area contributed by atoms with E-state index in [0.717, 1.165) is 5.01 Å². The molecule has 7 N–H and O–H groups in total. The molecule has 0 saturated heterocycles. The largest absolute Gasteiger partial charge is 0.394 e. The molecule has 70 valence electrons. The summed E-state index contributed by atoms with van der Waals surface area (Å²) < 4.78 is 0. The first-order valence-corrected chi connectivity index (χ1v) is 3.46. The Hall–Kier alpha value is -0.980. The number of aliphatic hydroxyl groups is 1. The molecular weight excluding hydrogens is 184 g/mol. The summed E-state index contributed by atoms with van der Waals surface area (Å²) in [6, 6.07) is 0. The van der Waals surface area contributed by atoms with E-state index < -0.39 is 5.91 Å². The molecule has 0 aromatic rings. The lowest BCUT2D eigenvalue weighted by molar-refractivity contribution is -0.114. The summed E-state index contributed by atoms with van der Waals surface area (Å²) in [5.74, 6) is 4.41. The average Bonchev–Trinajstić information content (AvgIpc) is 2.02. The van der Waals surface area contributed by atoms with Gasteiger partial charge in [-0.3, -0.25) is 9.80 Å². The van der Waals surface area contributed by atoms with E-state index in [9.17, 15) is 4.79 Å². The Morgan fingerprint density at radius 2 is 2.00 bits per heavy atom. The first kappa shape index (κ1) is 11.0. The van der Waals surface area contributed by atoms with Crippen LogP contribution in [0.2, 0.25) is 0 Å². The lowest BCUT2D eigenvalue weighted by atomic mass is 10.4. The van der Waals surface area contributed by atoms with Crippen molar-refractivity contribution in [3.63, 3.8) is 0 Å². The van der Waals surface area contributed by atoms with E-state index in [4.69, 9.17) is 34.0 Å². The van der Waals surface area contributed by atoms with E-state index in [1.807, 2.05) is 0 Å². The Bertz CT molecular complexity index is 206. The van der Waals surface area contributed by atoms with Crippen LogP contribution in [-0.2, 0) is 4.79 Å². The second-order valence-corrected chi connectivity index (χ2v) is 2.34. The molecule has 0 spiro atoms. The molecule has 1 amide bonds. The number of nitrogens with zero attached hydrogens (tertiary/aromatic N) is 1. The first-order valence-electron chi connectivity index (χ1n) is 3.08. The van der Waals surface area contributed by atoms with Gasteiger partial charge >= 0.3 is 0 Å². The Balaban J connectivity index is 4.43. The van der Waals surface area contributed by atoms with E-state index >= 15 is 0 Å². The van der Waals surface area contributed by atoms with Gasteiger partial charge < -0.3 is 16.6 Å². The van der Waals surface area contributed by atoms with E-state index in [2.05, 4.69) is 0 Å². The van der Waals surface area contributed by atoms with E-state index in [0.29, 0.717) is 0 Å². The maximum Gasteiger partial charge on any atom is 0.267 e. The standard InChI is InChI=1S/C5H11ClN4O2/c6-4(3(7)5(8)12)10(9)1-2-11/h11H,1-2,7,9H2,(H2,8,12)/b4-3-. The van der Waals surface area contributed by atoms with Crippen molar-refractivity contribution < 1.29 is 9.90 Å². The van der Waals surface area contributed by atoms with Crippen LogP contribution in [0.1, 0.15) is 0 Å². The van der Waals surface area contributed by atoms with Gasteiger partial charge in [-0.05, 0) is 0 Å². The maximum absolute atomic E-state index is 10.5. The van der Waals surface area contributed by atoms with Gasteiger partial charge in [0.25, 0.3) is 5.91 Å². The van der Waals surface area contributed by atoms with Crippen LogP contribution in [0.3, 0.4) is 0 Å². The van der Waals surface area contributed by atoms with Crippen molar-refractivity contribution in [3.05, 3.63) is 10.9 Å². The highest BCUT2D eigenvalue weighted by molar-refractivity contribution is 6.31. The van der Waals surface area contributed by atoms with Crippen LogP contribution in [0, 0.1) is 0 Å². The van der Waals surface area contributed by atoms with Gasteiger partial charge in [-0.15, -0.1) is 0 Å². The number of nitrogens with two attached hydrogens (primary N) is 3. The molecule has 0 fully saturated rings. The third kappa shape index (κ3) is 2.95. The van der Waals surface area contributed by atoms with Crippen molar-refractivity contribution in [1.82, 2.24) is 5.01 Å². The smallest absolute Gasteiger partial charge is 0.267 e. The molecular formula is C5H11ClN4O2. The highest BCUT2D eigenvalue weighted by atomic mass is 35.5. The molecule has 6 nitrogen and oxygen atoms in total. The van der Waals surface area contributed by atoms with Gasteiger partial charge in [-0.2, -0.15) is 0 Å². The summed E-state index contributed by atoms with van der Waals surface area (Å²) in [5.41, 5.74) is 9.65. The Morgan fingerprint density at radius 1 is 1.50 bits per heavy atom. The van der Waals surface area contributed by atoms with Gasteiger partial charge in [0, 0.05) is 0 Å². The van der Waals surface area contributed by atoms with Crippen LogP contribution in [0.15, 0.2) is 10.9 Å². The van der Waals surface area contributed by atoms with Gasteiger partial charge in [0.15, 0.2) is 0 Å². The summed E-state index contributed by atoms with van der Waals surface area (Å²) >= 11 is 5.50. The summed E-state index contributed by atoms with van der Waals surface area (Å²) in [4.78, 5) is 10.5. The average molecular weight is 195 g/mol. The molecule has 0 unspecified atom stereocenters. The molecule has 0 aliphatic heterocycles. The maximum atomic E-state index is 10.5. The predicted octanol–water partition coefficient (Wildman–Crippen LogP) is -1.99. The monoisotopic (exact) mass is 194 g/mol. The highest BCUT2D eigenvalue weighted by Gasteiger charge is 2.10. The van der Waals surface area contributed by atoms with Crippen LogP contribution >= 0.6 is 11.6 Å². The molecule has 0 radical (unpaired) electrons.